The highest BCUT2D eigenvalue weighted by Gasteiger charge is 2.09. The minimum absolute atomic E-state index is 0. The van der Waals surface area contributed by atoms with Crippen molar-refractivity contribution in [3.63, 3.8) is 0 Å². The number of nitrogens with zero attached hydrogens (tertiary/aromatic N) is 1. The zero-order chi connectivity index (χ0) is 8.43. The van der Waals surface area contributed by atoms with Crippen molar-refractivity contribution in [2.45, 2.75) is 0 Å². The largest absolute Gasteiger partial charge is 0.476 e. The van der Waals surface area contributed by atoms with Crippen LogP contribution in [0.2, 0.25) is 0 Å². The number of anilines is 1. The number of halogens is 2. The molecule has 1 rings (SSSR count). The topological polar surface area (TPSA) is 76.2 Å². The highest BCUT2D eigenvalue weighted by atomic mass is 35.5. The van der Waals surface area contributed by atoms with Crippen molar-refractivity contribution < 1.29 is 14.3 Å². The summed E-state index contributed by atoms with van der Waals surface area (Å²) in [6, 6.07) is 0.913. The number of pyridine rings is 1. The van der Waals surface area contributed by atoms with Crippen LogP contribution < -0.4 is 5.73 Å². The molecule has 4 nitrogen and oxygen atoms in total. The van der Waals surface area contributed by atoms with Crippen LogP contribution in [0, 0.1) is 5.82 Å². The SMILES string of the molecule is Cl.Nc1cc(F)cnc1C(=O)O. The summed E-state index contributed by atoms with van der Waals surface area (Å²) in [5.74, 6) is -1.91. The van der Waals surface area contributed by atoms with Crippen LogP contribution in [0.1, 0.15) is 10.5 Å². The molecule has 0 saturated heterocycles. The number of hydrogen-bond donors (Lipinski definition) is 2. The molecule has 0 fully saturated rings. The first-order chi connectivity index (χ1) is 5.11. The first-order valence-electron chi connectivity index (χ1n) is 2.75. The van der Waals surface area contributed by atoms with Crippen LogP contribution in [-0.2, 0) is 0 Å². The Hall–Kier alpha value is -1.36. The summed E-state index contributed by atoms with van der Waals surface area (Å²) in [4.78, 5) is 13.5. The predicted octanol–water partition coefficient (Wildman–Crippen LogP) is 0.923. The van der Waals surface area contributed by atoms with E-state index in [4.69, 9.17) is 10.8 Å². The summed E-state index contributed by atoms with van der Waals surface area (Å²) >= 11 is 0. The minimum Gasteiger partial charge on any atom is -0.476 e. The number of aromatic carboxylic acids is 1. The first kappa shape index (κ1) is 10.6. The molecule has 0 aliphatic heterocycles. The van der Waals surface area contributed by atoms with Gasteiger partial charge in [-0.15, -0.1) is 12.4 Å². The lowest BCUT2D eigenvalue weighted by atomic mass is 10.3. The summed E-state index contributed by atoms with van der Waals surface area (Å²) in [5, 5.41) is 8.39. The highest BCUT2D eigenvalue weighted by molar-refractivity contribution is 5.91. The Balaban J connectivity index is 0.00000121. The van der Waals surface area contributed by atoms with Crippen molar-refractivity contribution in [2.75, 3.05) is 5.73 Å². The van der Waals surface area contributed by atoms with Gasteiger partial charge in [-0.3, -0.25) is 0 Å². The molecule has 0 aromatic carbocycles. The molecule has 0 spiro atoms. The third-order valence-corrected chi connectivity index (χ3v) is 1.09. The van der Waals surface area contributed by atoms with Gasteiger partial charge in [-0.05, 0) is 0 Å². The van der Waals surface area contributed by atoms with Gasteiger partial charge in [0, 0.05) is 6.07 Å². The Labute approximate surface area is 73.6 Å². The number of rotatable bonds is 1. The Morgan fingerprint density at radius 3 is 2.67 bits per heavy atom. The van der Waals surface area contributed by atoms with E-state index >= 15 is 0 Å². The van der Waals surface area contributed by atoms with E-state index in [1.54, 1.807) is 0 Å². The van der Waals surface area contributed by atoms with Crippen molar-refractivity contribution in [2.24, 2.45) is 0 Å². The second kappa shape index (κ2) is 3.87. The van der Waals surface area contributed by atoms with Crippen molar-refractivity contribution in [1.82, 2.24) is 4.98 Å². The van der Waals surface area contributed by atoms with Gasteiger partial charge in [0.1, 0.15) is 5.82 Å². The average Bonchev–Trinajstić information content (AvgIpc) is 1.85. The van der Waals surface area contributed by atoms with Gasteiger partial charge in [0.05, 0.1) is 11.9 Å². The van der Waals surface area contributed by atoms with E-state index in [2.05, 4.69) is 4.98 Å². The van der Waals surface area contributed by atoms with Gasteiger partial charge in [-0.25, -0.2) is 14.2 Å². The van der Waals surface area contributed by atoms with Crippen LogP contribution >= 0.6 is 12.4 Å². The zero-order valence-electron chi connectivity index (χ0n) is 5.82. The molecule has 0 aliphatic carbocycles. The molecule has 6 heteroatoms. The summed E-state index contributed by atoms with van der Waals surface area (Å²) < 4.78 is 12.3. The predicted molar refractivity (Wildman–Crippen MR) is 42.8 cm³/mol. The van der Waals surface area contributed by atoms with Crippen LogP contribution in [0.15, 0.2) is 12.3 Å². The summed E-state index contributed by atoms with van der Waals surface area (Å²) in [5.41, 5.74) is 4.64. The quantitative estimate of drug-likeness (QED) is 0.694. The van der Waals surface area contributed by atoms with E-state index in [0.29, 0.717) is 0 Å². The molecule has 0 atom stereocenters. The first-order valence-corrected chi connectivity index (χ1v) is 2.75. The van der Waals surface area contributed by atoms with Crippen molar-refractivity contribution in [3.8, 4) is 0 Å². The van der Waals surface area contributed by atoms with E-state index in [1.165, 1.54) is 0 Å². The van der Waals surface area contributed by atoms with Gasteiger partial charge in [-0.1, -0.05) is 0 Å². The molecule has 3 N–H and O–H groups in total. The van der Waals surface area contributed by atoms with Crippen LogP contribution in [0.5, 0.6) is 0 Å². The molecule has 66 valence electrons. The zero-order valence-corrected chi connectivity index (χ0v) is 6.64. The van der Waals surface area contributed by atoms with E-state index in [9.17, 15) is 9.18 Å². The van der Waals surface area contributed by atoms with Gasteiger partial charge in [-0.2, -0.15) is 0 Å². The number of hydrogen-bond acceptors (Lipinski definition) is 3. The second-order valence-corrected chi connectivity index (χ2v) is 1.90. The maximum Gasteiger partial charge on any atom is 0.356 e. The van der Waals surface area contributed by atoms with Crippen molar-refractivity contribution >= 4 is 24.1 Å². The molecule has 1 aromatic rings. The molecule has 12 heavy (non-hydrogen) atoms. The lowest BCUT2D eigenvalue weighted by Crippen LogP contribution is -2.05. The maximum absolute atomic E-state index is 12.3. The van der Waals surface area contributed by atoms with E-state index in [0.717, 1.165) is 12.3 Å². The maximum atomic E-state index is 12.3. The van der Waals surface area contributed by atoms with Crippen molar-refractivity contribution in [1.29, 1.82) is 0 Å². The van der Waals surface area contributed by atoms with Gasteiger partial charge in [0.15, 0.2) is 5.69 Å². The van der Waals surface area contributed by atoms with Gasteiger partial charge < -0.3 is 10.8 Å². The highest BCUT2D eigenvalue weighted by Crippen LogP contribution is 2.08. The molecule has 0 amide bonds. The fourth-order valence-corrected chi connectivity index (χ4v) is 0.634. The van der Waals surface area contributed by atoms with Crippen LogP contribution in [0.25, 0.3) is 0 Å². The van der Waals surface area contributed by atoms with Crippen molar-refractivity contribution in [3.05, 3.63) is 23.8 Å². The molecule has 0 saturated carbocycles. The van der Waals surface area contributed by atoms with Crippen LogP contribution in [-0.4, -0.2) is 16.1 Å². The molecule has 0 bridgehead atoms. The average molecular weight is 193 g/mol. The number of aromatic nitrogens is 1. The van der Waals surface area contributed by atoms with E-state index in [-0.39, 0.29) is 23.8 Å². The Morgan fingerprint density at radius 1 is 1.67 bits per heavy atom. The summed E-state index contributed by atoms with van der Waals surface area (Å²) in [6.07, 6.45) is 0.805. The lowest BCUT2D eigenvalue weighted by Gasteiger charge is -1.97. The molecule has 0 unspecified atom stereocenters. The molecular weight excluding hydrogens is 187 g/mol. The monoisotopic (exact) mass is 192 g/mol. The fourth-order valence-electron chi connectivity index (χ4n) is 0.634. The normalized spacial score (nSPS) is 8.75. The van der Waals surface area contributed by atoms with E-state index in [1.807, 2.05) is 0 Å². The molecule has 0 radical (unpaired) electrons. The number of carboxylic acid groups (broad SMARTS) is 1. The summed E-state index contributed by atoms with van der Waals surface area (Å²) in [6.45, 7) is 0. The third kappa shape index (κ3) is 2.06. The Kier molecular flexibility index (Phi) is 3.43. The molecular formula is C6H6ClFN2O2. The summed E-state index contributed by atoms with van der Waals surface area (Å²) in [7, 11) is 0. The fraction of sp³-hybridized carbons (Fsp3) is 0. The lowest BCUT2D eigenvalue weighted by molar-refractivity contribution is 0.0691. The molecule has 1 heterocycles. The number of nitrogen functional groups attached to an aromatic ring is 1. The molecule has 1 aromatic heterocycles. The third-order valence-electron chi connectivity index (χ3n) is 1.09. The Morgan fingerprint density at radius 2 is 2.25 bits per heavy atom. The second-order valence-electron chi connectivity index (χ2n) is 1.90. The van der Waals surface area contributed by atoms with Gasteiger partial charge >= 0.3 is 5.97 Å². The van der Waals surface area contributed by atoms with Gasteiger partial charge in [0.25, 0.3) is 0 Å². The van der Waals surface area contributed by atoms with Crippen LogP contribution in [0.3, 0.4) is 0 Å². The Bertz CT molecular complexity index is 306. The number of carbonyl (C=O) groups is 1. The minimum atomic E-state index is -1.26. The molecule has 0 aliphatic rings. The van der Waals surface area contributed by atoms with Gasteiger partial charge in [0.2, 0.25) is 0 Å². The standard InChI is InChI=1S/C6H5FN2O2.ClH/c7-3-1-4(8)5(6(10)11)9-2-3;/h1-2H,8H2,(H,10,11);1H. The number of carboxylic acids is 1. The number of nitrogens with two attached hydrogens (primary N) is 1. The smallest absolute Gasteiger partial charge is 0.356 e. The van der Waals surface area contributed by atoms with E-state index < -0.39 is 11.8 Å². The van der Waals surface area contributed by atoms with Crippen LogP contribution in [0.4, 0.5) is 10.1 Å².